The topological polar surface area (TPSA) is 83.7 Å². The third-order valence-electron chi connectivity index (χ3n) is 4.00. The Bertz CT molecular complexity index is 1060. The highest BCUT2D eigenvalue weighted by Crippen LogP contribution is 2.32. The number of ether oxygens (including phenoxy) is 3. The molecule has 1 heterocycles. The van der Waals surface area contributed by atoms with E-state index in [0.717, 1.165) is 12.1 Å². The smallest absolute Gasteiger partial charge is 0.416 e. The molecule has 7 nitrogen and oxygen atoms in total. The molecule has 0 spiro atoms. The Labute approximate surface area is 175 Å². The van der Waals surface area contributed by atoms with Gasteiger partial charge < -0.3 is 18.7 Å². The van der Waals surface area contributed by atoms with Crippen LogP contribution in [-0.2, 0) is 17.5 Å². The predicted molar refractivity (Wildman–Crippen MR) is 103 cm³/mol. The van der Waals surface area contributed by atoms with Crippen molar-refractivity contribution in [2.75, 3.05) is 7.11 Å². The van der Waals surface area contributed by atoms with Crippen LogP contribution in [0, 0.1) is 0 Å². The number of benzene rings is 2. The summed E-state index contributed by atoms with van der Waals surface area (Å²) in [5.74, 6) is 0.0687. The van der Waals surface area contributed by atoms with Gasteiger partial charge in [0.05, 0.1) is 24.3 Å². The molecule has 31 heavy (non-hydrogen) atoms. The molecule has 10 heteroatoms. The van der Waals surface area contributed by atoms with Crippen LogP contribution in [0.25, 0.3) is 11.4 Å². The van der Waals surface area contributed by atoms with Crippen LogP contribution in [0.4, 0.5) is 13.2 Å². The van der Waals surface area contributed by atoms with Gasteiger partial charge in [0.15, 0.2) is 18.1 Å². The van der Waals surface area contributed by atoms with Crippen molar-refractivity contribution in [3.05, 3.63) is 59.5 Å². The molecule has 0 fully saturated rings. The van der Waals surface area contributed by atoms with E-state index in [-0.39, 0.29) is 35.6 Å². The molecular formula is C21H19F3N2O5. The fraction of sp³-hybridized carbons (Fsp3) is 0.286. The molecule has 0 amide bonds. The highest BCUT2D eigenvalue weighted by Gasteiger charge is 2.30. The first-order chi connectivity index (χ1) is 14.7. The number of rotatable bonds is 7. The van der Waals surface area contributed by atoms with Gasteiger partial charge in [0.2, 0.25) is 5.82 Å². The standard InChI is InChI=1S/C21H19F3N2O5/c1-12(2)30-16-8-7-14(10-17(16)28-3)20(27)29-11-18-25-19(26-31-18)13-5-4-6-15(9-13)21(22,23)24/h4-10,12H,11H2,1-3H3. The van der Waals surface area contributed by atoms with Crippen LogP contribution < -0.4 is 9.47 Å². The van der Waals surface area contributed by atoms with Gasteiger partial charge in [0, 0.05) is 5.56 Å². The molecular weight excluding hydrogens is 417 g/mol. The number of esters is 1. The van der Waals surface area contributed by atoms with E-state index in [2.05, 4.69) is 10.1 Å². The summed E-state index contributed by atoms with van der Waals surface area (Å²) in [6.45, 7) is 3.37. The largest absolute Gasteiger partial charge is 0.493 e. The van der Waals surface area contributed by atoms with Gasteiger partial charge in [-0.3, -0.25) is 0 Å². The van der Waals surface area contributed by atoms with Crippen LogP contribution >= 0.6 is 0 Å². The number of hydrogen-bond acceptors (Lipinski definition) is 7. The Kier molecular flexibility index (Phi) is 6.47. The van der Waals surface area contributed by atoms with E-state index >= 15 is 0 Å². The molecule has 1 aromatic heterocycles. The van der Waals surface area contributed by atoms with Crippen molar-refractivity contribution in [3.8, 4) is 22.9 Å². The minimum atomic E-state index is -4.49. The van der Waals surface area contributed by atoms with E-state index in [1.54, 1.807) is 6.07 Å². The molecule has 0 saturated carbocycles. The van der Waals surface area contributed by atoms with Crippen molar-refractivity contribution in [2.45, 2.75) is 32.7 Å². The maximum atomic E-state index is 12.9. The molecule has 0 aliphatic heterocycles. The summed E-state index contributed by atoms with van der Waals surface area (Å²) < 4.78 is 59.5. The second kappa shape index (κ2) is 9.07. The second-order valence-electron chi connectivity index (χ2n) is 6.70. The Hall–Kier alpha value is -3.56. The lowest BCUT2D eigenvalue weighted by molar-refractivity contribution is -0.137. The molecule has 0 aliphatic carbocycles. The number of methoxy groups -OCH3 is 1. The molecule has 2 aromatic carbocycles. The highest BCUT2D eigenvalue weighted by molar-refractivity contribution is 5.90. The van der Waals surface area contributed by atoms with Crippen LogP contribution in [0.15, 0.2) is 47.0 Å². The summed E-state index contributed by atoms with van der Waals surface area (Å²) in [4.78, 5) is 16.3. The third kappa shape index (κ3) is 5.53. The van der Waals surface area contributed by atoms with Gasteiger partial charge in [-0.05, 0) is 44.2 Å². The summed E-state index contributed by atoms with van der Waals surface area (Å²) in [5.41, 5.74) is -0.492. The van der Waals surface area contributed by atoms with Gasteiger partial charge in [-0.1, -0.05) is 17.3 Å². The molecule has 3 rings (SSSR count). The fourth-order valence-electron chi connectivity index (χ4n) is 2.62. The maximum absolute atomic E-state index is 12.9. The van der Waals surface area contributed by atoms with E-state index in [4.69, 9.17) is 18.7 Å². The molecule has 0 atom stereocenters. The zero-order valence-corrected chi connectivity index (χ0v) is 16.9. The van der Waals surface area contributed by atoms with Gasteiger partial charge >= 0.3 is 12.1 Å². The number of carbonyl (C=O) groups is 1. The molecule has 0 radical (unpaired) electrons. The molecule has 3 aromatic rings. The van der Waals surface area contributed by atoms with Gasteiger partial charge in [-0.2, -0.15) is 18.2 Å². The Morgan fingerprint density at radius 2 is 1.90 bits per heavy atom. The molecule has 0 unspecified atom stereocenters. The quantitative estimate of drug-likeness (QED) is 0.487. The van der Waals surface area contributed by atoms with Gasteiger partial charge in [-0.25, -0.2) is 4.79 Å². The molecule has 0 aliphatic rings. The van der Waals surface area contributed by atoms with Crippen molar-refractivity contribution < 1.29 is 36.7 Å². The van der Waals surface area contributed by atoms with Gasteiger partial charge in [0.1, 0.15) is 0 Å². The van der Waals surface area contributed by atoms with Gasteiger partial charge in [-0.15, -0.1) is 0 Å². The van der Waals surface area contributed by atoms with E-state index in [1.165, 1.54) is 31.4 Å². The second-order valence-corrected chi connectivity index (χ2v) is 6.70. The van der Waals surface area contributed by atoms with Crippen LogP contribution in [0.3, 0.4) is 0 Å². The number of nitrogens with zero attached hydrogens (tertiary/aromatic N) is 2. The molecule has 0 bridgehead atoms. The van der Waals surface area contributed by atoms with E-state index in [0.29, 0.717) is 11.5 Å². The van der Waals surface area contributed by atoms with Crippen LogP contribution in [-0.4, -0.2) is 29.3 Å². The monoisotopic (exact) mass is 436 g/mol. The van der Waals surface area contributed by atoms with Crippen LogP contribution in [0.1, 0.15) is 35.7 Å². The average molecular weight is 436 g/mol. The number of hydrogen-bond donors (Lipinski definition) is 0. The Morgan fingerprint density at radius 1 is 1.13 bits per heavy atom. The lowest BCUT2D eigenvalue weighted by Crippen LogP contribution is -2.09. The summed E-state index contributed by atoms with van der Waals surface area (Å²) >= 11 is 0. The number of halogens is 3. The summed E-state index contributed by atoms with van der Waals surface area (Å²) in [6.07, 6.45) is -4.56. The number of aromatic nitrogens is 2. The zero-order valence-electron chi connectivity index (χ0n) is 16.9. The van der Waals surface area contributed by atoms with Crippen molar-refractivity contribution in [1.82, 2.24) is 10.1 Å². The van der Waals surface area contributed by atoms with Crippen molar-refractivity contribution in [1.29, 1.82) is 0 Å². The zero-order chi connectivity index (χ0) is 22.6. The van der Waals surface area contributed by atoms with E-state index in [9.17, 15) is 18.0 Å². The predicted octanol–water partition coefficient (Wildman–Crippen LogP) is 4.91. The maximum Gasteiger partial charge on any atom is 0.416 e. The molecule has 0 N–H and O–H groups in total. The first kappa shape index (κ1) is 22.1. The van der Waals surface area contributed by atoms with E-state index < -0.39 is 17.7 Å². The summed E-state index contributed by atoms with van der Waals surface area (Å²) in [5, 5.41) is 3.65. The lowest BCUT2D eigenvalue weighted by atomic mass is 10.1. The number of alkyl halides is 3. The number of carbonyl (C=O) groups excluding carboxylic acids is 1. The third-order valence-corrected chi connectivity index (χ3v) is 4.00. The first-order valence-corrected chi connectivity index (χ1v) is 9.19. The Morgan fingerprint density at radius 3 is 2.58 bits per heavy atom. The van der Waals surface area contributed by atoms with Crippen LogP contribution in [0.2, 0.25) is 0 Å². The molecule has 0 saturated heterocycles. The summed E-state index contributed by atoms with van der Waals surface area (Å²) in [7, 11) is 1.45. The average Bonchev–Trinajstić information content (AvgIpc) is 3.20. The minimum absolute atomic E-state index is 0.0472. The van der Waals surface area contributed by atoms with Crippen molar-refractivity contribution >= 4 is 5.97 Å². The first-order valence-electron chi connectivity index (χ1n) is 9.19. The van der Waals surface area contributed by atoms with Gasteiger partial charge in [0.25, 0.3) is 5.89 Å². The summed E-state index contributed by atoms with van der Waals surface area (Å²) in [6, 6.07) is 9.10. The SMILES string of the molecule is COc1cc(C(=O)OCc2nc(-c3cccc(C(F)(F)F)c3)no2)ccc1OC(C)C. The lowest BCUT2D eigenvalue weighted by Gasteiger charge is -2.14. The van der Waals surface area contributed by atoms with Crippen molar-refractivity contribution in [2.24, 2.45) is 0 Å². The normalized spacial score (nSPS) is 11.5. The Balaban J connectivity index is 1.68. The minimum Gasteiger partial charge on any atom is -0.493 e. The highest BCUT2D eigenvalue weighted by atomic mass is 19.4. The van der Waals surface area contributed by atoms with Crippen molar-refractivity contribution in [3.63, 3.8) is 0 Å². The molecule has 164 valence electrons. The van der Waals surface area contributed by atoms with Crippen LogP contribution in [0.5, 0.6) is 11.5 Å². The fourth-order valence-corrected chi connectivity index (χ4v) is 2.62. The van der Waals surface area contributed by atoms with E-state index in [1.807, 2.05) is 13.8 Å².